The molecule has 0 spiro atoms. The van der Waals surface area contributed by atoms with Gasteiger partial charge >= 0.3 is 19.8 Å². The molecule has 0 saturated heterocycles. The van der Waals surface area contributed by atoms with E-state index in [2.05, 4.69) is 10.3 Å². The van der Waals surface area contributed by atoms with Gasteiger partial charge in [0, 0.05) is 31.7 Å². The fourth-order valence-electron chi connectivity index (χ4n) is 2.95. The normalized spacial score (nSPS) is 11.8. The van der Waals surface area contributed by atoms with E-state index in [-0.39, 0.29) is 16.8 Å². The molecule has 1 heterocycles. The van der Waals surface area contributed by atoms with Gasteiger partial charge in [-0.15, -0.1) is 0 Å². The summed E-state index contributed by atoms with van der Waals surface area (Å²) in [5.41, 5.74) is 5.44. The number of rotatable bonds is 6. The summed E-state index contributed by atoms with van der Waals surface area (Å²) in [7, 11) is -1.10. The Kier molecular flexibility index (Phi) is 7.25. The van der Waals surface area contributed by atoms with Gasteiger partial charge in [-0.3, -0.25) is 4.57 Å². The van der Waals surface area contributed by atoms with Gasteiger partial charge in [-0.2, -0.15) is 13.2 Å². The lowest BCUT2D eigenvalue weighted by molar-refractivity contribution is -0.137. The summed E-state index contributed by atoms with van der Waals surface area (Å²) in [5.74, 6) is -0.883. The summed E-state index contributed by atoms with van der Waals surface area (Å²) in [5, 5.41) is 4.63. The fraction of sp³-hybridized carbons (Fsp3) is 0.143. The van der Waals surface area contributed by atoms with Crippen LogP contribution in [0.25, 0.3) is 11.1 Å². The zero-order valence-electron chi connectivity index (χ0n) is 17.8. The summed E-state index contributed by atoms with van der Waals surface area (Å²) in [6.45, 7) is 0. The predicted octanol–water partition coefficient (Wildman–Crippen LogP) is 5.24. The molecule has 0 aliphatic carbocycles. The maximum atomic E-state index is 13.8. The van der Waals surface area contributed by atoms with Crippen molar-refractivity contribution in [2.75, 3.05) is 30.6 Å². The molecule has 4 N–H and O–H groups in total. The lowest BCUT2D eigenvalue weighted by Crippen LogP contribution is -2.20. The van der Waals surface area contributed by atoms with Crippen LogP contribution in [-0.4, -0.2) is 25.2 Å². The molecule has 3 aromatic rings. The molecular formula is C21H19F4N4O4P. The smallest absolute Gasteiger partial charge is 0.383 e. The van der Waals surface area contributed by atoms with E-state index >= 15 is 0 Å². The first kappa shape index (κ1) is 25.2. The monoisotopic (exact) mass is 498 g/mol. The number of nitrogens with one attached hydrogen (secondary N) is 2. The maximum absolute atomic E-state index is 13.8. The van der Waals surface area contributed by atoms with Gasteiger partial charge in [0.2, 0.25) is 0 Å². The molecule has 13 heteroatoms. The van der Waals surface area contributed by atoms with E-state index in [1.165, 1.54) is 38.6 Å². The molecule has 1 aromatic heterocycles. The van der Waals surface area contributed by atoms with Gasteiger partial charge in [-0.25, -0.2) is 14.2 Å². The number of benzene rings is 2. The molecule has 2 amide bonds. The van der Waals surface area contributed by atoms with E-state index in [0.29, 0.717) is 29.3 Å². The van der Waals surface area contributed by atoms with Gasteiger partial charge in [-0.05, 0) is 42.0 Å². The number of hydrogen-bond donors (Lipinski definition) is 3. The van der Waals surface area contributed by atoms with Gasteiger partial charge in [-0.1, -0.05) is 12.1 Å². The molecule has 0 fully saturated rings. The molecule has 0 aliphatic rings. The summed E-state index contributed by atoms with van der Waals surface area (Å²) in [4.78, 5) is 16.2. The number of pyridine rings is 1. The highest BCUT2D eigenvalue weighted by molar-refractivity contribution is 7.62. The number of alkyl halides is 3. The summed E-state index contributed by atoms with van der Waals surface area (Å²) < 4.78 is 74.8. The molecule has 180 valence electrons. The van der Waals surface area contributed by atoms with Crippen molar-refractivity contribution in [2.45, 2.75) is 6.18 Å². The highest BCUT2D eigenvalue weighted by atomic mass is 31.2. The van der Waals surface area contributed by atoms with Gasteiger partial charge in [0.15, 0.2) is 0 Å². The minimum Gasteiger partial charge on any atom is -0.383 e. The molecule has 2 aromatic carbocycles. The number of hydrogen-bond acceptors (Lipinski definition) is 6. The molecule has 0 aliphatic heterocycles. The Bertz CT molecular complexity index is 1240. The predicted molar refractivity (Wildman–Crippen MR) is 119 cm³/mol. The van der Waals surface area contributed by atoms with Crippen molar-refractivity contribution in [3.05, 3.63) is 66.1 Å². The van der Waals surface area contributed by atoms with Crippen LogP contribution in [0.5, 0.6) is 0 Å². The molecule has 34 heavy (non-hydrogen) atoms. The first-order chi connectivity index (χ1) is 16.0. The topological polar surface area (TPSA) is 116 Å². The highest BCUT2D eigenvalue weighted by Crippen LogP contribution is 2.45. The van der Waals surface area contributed by atoms with Crippen LogP contribution in [-0.2, 0) is 19.8 Å². The van der Waals surface area contributed by atoms with Crippen molar-refractivity contribution in [1.29, 1.82) is 0 Å². The van der Waals surface area contributed by atoms with Crippen molar-refractivity contribution in [2.24, 2.45) is 0 Å². The van der Waals surface area contributed by atoms with E-state index in [1.807, 2.05) is 5.32 Å². The minimum absolute atomic E-state index is 0.140. The van der Waals surface area contributed by atoms with E-state index < -0.39 is 36.9 Å². The van der Waals surface area contributed by atoms with E-state index in [9.17, 15) is 26.9 Å². The van der Waals surface area contributed by atoms with Gasteiger partial charge in [0.05, 0.1) is 16.6 Å². The lowest BCUT2D eigenvalue weighted by atomic mass is 10.1. The third-order valence-corrected chi connectivity index (χ3v) is 6.54. The van der Waals surface area contributed by atoms with Crippen molar-refractivity contribution in [1.82, 2.24) is 4.98 Å². The van der Waals surface area contributed by atoms with Crippen LogP contribution in [0.1, 0.15) is 5.56 Å². The van der Waals surface area contributed by atoms with Crippen molar-refractivity contribution in [3.63, 3.8) is 0 Å². The van der Waals surface area contributed by atoms with E-state index in [1.54, 1.807) is 12.1 Å². The Balaban J connectivity index is 1.77. The average molecular weight is 498 g/mol. The second-order valence-electron chi connectivity index (χ2n) is 6.84. The van der Waals surface area contributed by atoms with E-state index in [4.69, 9.17) is 14.8 Å². The quantitative estimate of drug-likeness (QED) is 0.316. The molecule has 0 atom stereocenters. The SMILES string of the molecule is COP(=O)(OC)c1cnc(N)c(-c2ccc(NC(=O)Nc3cc(C(F)(F)F)ccc3F)cc2)c1. The third kappa shape index (κ3) is 5.53. The minimum atomic E-state index is -4.69. The standard InChI is InChI=1S/C21H19F4N4O4P/c1-32-34(31,33-2)15-10-16(19(26)27-11-15)12-3-6-14(7-4-12)28-20(30)29-18-9-13(21(23,24)25)5-8-17(18)22/h3-11H,1-2H3,(H2,26,27)(H2,28,29,30). The van der Waals surface area contributed by atoms with Crippen LogP contribution in [0.2, 0.25) is 0 Å². The van der Waals surface area contributed by atoms with Crippen molar-refractivity contribution < 1.29 is 36.0 Å². The first-order valence-electron chi connectivity index (χ1n) is 9.49. The van der Waals surface area contributed by atoms with Gasteiger partial charge in [0.1, 0.15) is 11.6 Å². The average Bonchev–Trinajstić information content (AvgIpc) is 2.80. The number of nitrogens with zero attached hydrogens (tertiary/aromatic N) is 1. The van der Waals surface area contributed by atoms with Crippen molar-refractivity contribution in [3.8, 4) is 11.1 Å². The number of urea groups is 1. The van der Waals surface area contributed by atoms with Gasteiger partial charge < -0.3 is 25.4 Å². The Morgan fingerprint density at radius 1 is 1.03 bits per heavy atom. The Hall–Kier alpha value is -3.47. The number of nitrogen functional groups attached to an aromatic ring is 1. The Labute approximate surface area is 191 Å². The molecule has 0 saturated carbocycles. The molecule has 0 radical (unpaired) electrons. The number of halogens is 4. The molecule has 3 rings (SSSR count). The number of anilines is 3. The van der Waals surface area contributed by atoms with Crippen LogP contribution in [0.4, 0.5) is 39.5 Å². The molecule has 0 unspecified atom stereocenters. The Morgan fingerprint density at radius 3 is 2.26 bits per heavy atom. The largest absolute Gasteiger partial charge is 0.416 e. The van der Waals surface area contributed by atoms with Crippen molar-refractivity contribution >= 4 is 36.1 Å². The first-order valence-corrected chi connectivity index (χ1v) is 11.0. The number of carbonyl (C=O) groups is 1. The lowest BCUT2D eigenvalue weighted by Gasteiger charge is -2.15. The highest BCUT2D eigenvalue weighted by Gasteiger charge is 2.31. The molecule has 8 nitrogen and oxygen atoms in total. The van der Waals surface area contributed by atoms with E-state index in [0.717, 1.165) is 0 Å². The number of amides is 2. The third-order valence-electron chi connectivity index (χ3n) is 4.70. The summed E-state index contributed by atoms with van der Waals surface area (Å²) in [6, 6.07) is 8.35. The second-order valence-corrected chi connectivity index (χ2v) is 9.08. The zero-order chi connectivity index (χ0) is 25.1. The second kappa shape index (κ2) is 9.80. The summed E-state index contributed by atoms with van der Waals surface area (Å²) in [6.07, 6.45) is -3.41. The Morgan fingerprint density at radius 2 is 1.68 bits per heavy atom. The summed E-state index contributed by atoms with van der Waals surface area (Å²) >= 11 is 0. The number of carbonyl (C=O) groups excluding carboxylic acids is 1. The van der Waals surface area contributed by atoms with Gasteiger partial charge in [0.25, 0.3) is 0 Å². The van der Waals surface area contributed by atoms with Crippen LogP contribution in [0, 0.1) is 5.82 Å². The van der Waals surface area contributed by atoms with Crippen LogP contribution < -0.4 is 21.7 Å². The van der Waals surface area contributed by atoms with Crippen LogP contribution >= 0.6 is 7.60 Å². The number of nitrogens with two attached hydrogens (primary N) is 1. The zero-order valence-corrected chi connectivity index (χ0v) is 18.7. The number of aromatic nitrogens is 1. The van der Waals surface area contributed by atoms with Crippen LogP contribution in [0.15, 0.2) is 54.7 Å². The van der Waals surface area contributed by atoms with Crippen LogP contribution in [0.3, 0.4) is 0 Å². The molecular weight excluding hydrogens is 479 g/mol. The maximum Gasteiger partial charge on any atom is 0.416 e. The fourth-order valence-corrected chi connectivity index (χ4v) is 4.00. The molecule has 0 bridgehead atoms.